The number of hydrogen-bond acceptors (Lipinski definition) is 3. The van der Waals surface area contributed by atoms with Crippen molar-refractivity contribution in [1.29, 1.82) is 0 Å². The van der Waals surface area contributed by atoms with E-state index in [0.717, 1.165) is 16.9 Å². The molecule has 0 aliphatic heterocycles. The summed E-state index contributed by atoms with van der Waals surface area (Å²) >= 11 is 0. The van der Waals surface area contributed by atoms with E-state index in [0.29, 0.717) is 18.6 Å². The Balaban J connectivity index is 3.32. The summed E-state index contributed by atoms with van der Waals surface area (Å²) in [5.74, 6) is -0.196. The molecule has 18 heavy (non-hydrogen) atoms. The molecule has 100 valence electrons. The van der Waals surface area contributed by atoms with E-state index in [4.69, 9.17) is 10.5 Å². The van der Waals surface area contributed by atoms with Gasteiger partial charge in [0, 0.05) is 0 Å². The van der Waals surface area contributed by atoms with Crippen LogP contribution < -0.4 is 10.5 Å². The highest BCUT2D eigenvalue weighted by Gasteiger charge is 2.34. The number of carboxylic acids is 1. The number of aryl methyl sites for hydroxylation is 2. The number of ether oxygens (including phenoxy) is 1. The molecule has 3 N–H and O–H groups in total. The minimum Gasteiger partial charge on any atom is -0.493 e. The Morgan fingerprint density at radius 3 is 2.17 bits per heavy atom. The molecular formula is C14H21NO3. The zero-order valence-corrected chi connectivity index (χ0v) is 11.4. The first kappa shape index (κ1) is 14.5. The Hall–Kier alpha value is -1.55. The van der Waals surface area contributed by atoms with Crippen molar-refractivity contribution in [3.05, 3.63) is 28.8 Å². The molecule has 1 aromatic carbocycles. The number of carboxylic acid groups (broad SMARTS) is 1. The molecule has 0 aliphatic rings. The van der Waals surface area contributed by atoms with Crippen LogP contribution in [0.5, 0.6) is 5.75 Å². The largest absolute Gasteiger partial charge is 0.493 e. The van der Waals surface area contributed by atoms with Gasteiger partial charge in [-0.1, -0.05) is 6.92 Å². The lowest BCUT2D eigenvalue weighted by Gasteiger charge is -2.25. The van der Waals surface area contributed by atoms with Crippen LogP contribution in [0.15, 0.2) is 12.1 Å². The lowest BCUT2D eigenvalue weighted by Crippen LogP contribution is -2.44. The summed E-state index contributed by atoms with van der Waals surface area (Å²) in [7, 11) is 0. The van der Waals surface area contributed by atoms with E-state index in [9.17, 15) is 9.90 Å². The molecule has 0 fully saturated rings. The van der Waals surface area contributed by atoms with Gasteiger partial charge in [0.15, 0.2) is 0 Å². The second kappa shape index (κ2) is 5.40. The predicted octanol–water partition coefficient (Wildman–Crippen LogP) is 2.35. The molecule has 0 radical (unpaired) electrons. The molecule has 4 nitrogen and oxygen atoms in total. The second-order valence-corrected chi connectivity index (χ2v) is 4.50. The highest BCUT2D eigenvalue weighted by atomic mass is 16.5. The summed E-state index contributed by atoms with van der Waals surface area (Å²) in [5, 5.41) is 9.28. The summed E-state index contributed by atoms with van der Waals surface area (Å²) in [6.07, 6.45) is 0.342. The lowest BCUT2D eigenvalue weighted by molar-refractivity contribution is -0.143. The average molecular weight is 251 g/mol. The quantitative estimate of drug-likeness (QED) is 0.842. The minimum atomic E-state index is -1.33. The monoisotopic (exact) mass is 251 g/mol. The van der Waals surface area contributed by atoms with Gasteiger partial charge < -0.3 is 15.6 Å². The fourth-order valence-corrected chi connectivity index (χ4v) is 2.06. The van der Waals surface area contributed by atoms with Crippen LogP contribution >= 0.6 is 0 Å². The maximum absolute atomic E-state index is 11.3. The van der Waals surface area contributed by atoms with Crippen molar-refractivity contribution in [2.75, 3.05) is 6.61 Å². The Bertz CT molecular complexity index is 433. The zero-order chi connectivity index (χ0) is 13.9. The molecule has 0 aliphatic carbocycles. The topological polar surface area (TPSA) is 72.5 Å². The third-order valence-electron chi connectivity index (χ3n) is 3.20. The minimum absolute atomic E-state index is 0.342. The van der Waals surface area contributed by atoms with Crippen molar-refractivity contribution >= 4 is 5.97 Å². The van der Waals surface area contributed by atoms with E-state index >= 15 is 0 Å². The molecule has 0 aromatic heterocycles. The van der Waals surface area contributed by atoms with E-state index in [1.54, 1.807) is 19.1 Å². The van der Waals surface area contributed by atoms with E-state index in [1.165, 1.54) is 0 Å². The first-order chi connectivity index (χ1) is 8.36. The SMILES string of the molecule is CCOc1c(C)cc(C(N)(CC)C(=O)O)cc1C. The van der Waals surface area contributed by atoms with Crippen molar-refractivity contribution in [2.45, 2.75) is 39.7 Å². The molecule has 0 spiro atoms. The molecule has 1 aromatic rings. The molecule has 0 bridgehead atoms. The number of rotatable bonds is 5. The Morgan fingerprint density at radius 2 is 1.83 bits per heavy atom. The standard InChI is InChI=1S/C14H21NO3/c1-5-14(15,13(16)17)11-7-9(3)12(18-6-2)10(4)8-11/h7-8H,5-6,15H2,1-4H3,(H,16,17). The highest BCUT2D eigenvalue weighted by molar-refractivity contribution is 5.80. The van der Waals surface area contributed by atoms with E-state index in [2.05, 4.69) is 0 Å². The van der Waals surface area contributed by atoms with Crippen LogP contribution in [0.4, 0.5) is 0 Å². The van der Waals surface area contributed by atoms with Gasteiger partial charge in [-0.2, -0.15) is 0 Å². The van der Waals surface area contributed by atoms with Gasteiger partial charge in [-0.3, -0.25) is 0 Å². The fraction of sp³-hybridized carbons (Fsp3) is 0.500. The summed E-state index contributed by atoms with van der Waals surface area (Å²) < 4.78 is 5.54. The number of hydrogen-bond donors (Lipinski definition) is 2. The number of carbonyl (C=O) groups is 1. The molecule has 4 heteroatoms. The van der Waals surface area contributed by atoms with Gasteiger partial charge in [0.25, 0.3) is 0 Å². The molecule has 1 atom stereocenters. The summed E-state index contributed by atoms with van der Waals surface area (Å²) in [6, 6.07) is 3.60. The van der Waals surface area contributed by atoms with Crippen molar-refractivity contribution < 1.29 is 14.6 Å². The van der Waals surface area contributed by atoms with Gasteiger partial charge in [0.1, 0.15) is 11.3 Å². The van der Waals surface area contributed by atoms with Gasteiger partial charge in [-0.15, -0.1) is 0 Å². The van der Waals surface area contributed by atoms with Gasteiger partial charge in [-0.05, 0) is 56.0 Å². The lowest BCUT2D eigenvalue weighted by atomic mass is 9.86. The molecule has 1 unspecified atom stereocenters. The summed E-state index contributed by atoms with van der Waals surface area (Å²) in [5.41, 5.74) is 7.10. The number of nitrogens with two attached hydrogens (primary N) is 1. The Kier molecular flexibility index (Phi) is 4.35. The third kappa shape index (κ3) is 2.48. The average Bonchev–Trinajstić information content (AvgIpc) is 2.32. The van der Waals surface area contributed by atoms with Crippen LogP contribution in [0.25, 0.3) is 0 Å². The molecule has 0 saturated carbocycles. The number of benzene rings is 1. The van der Waals surface area contributed by atoms with Crippen LogP contribution in [-0.4, -0.2) is 17.7 Å². The fourth-order valence-electron chi connectivity index (χ4n) is 2.06. The maximum Gasteiger partial charge on any atom is 0.328 e. The molecule has 1 rings (SSSR count). The van der Waals surface area contributed by atoms with Gasteiger partial charge in [0.2, 0.25) is 0 Å². The van der Waals surface area contributed by atoms with Gasteiger partial charge in [0.05, 0.1) is 6.61 Å². The van der Waals surface area contributed by atoms with Crippen LogP contribution in [0.3, 0.4) is 0 Å². The number of aliphatic carboxylic acids is 1. The normalized spacial score (nSPS) is 14.1. The molecule has 0 saturated heterocycles. The summed E-state index contributed by atoms with van der Waals surface area (Å²) in [6.45, 7) is 8.08. The Morgan fingerprint density at radius 1 is 1.33 bits per heavy atom. The second-order valence-electron chi connectivity index (χ2n) is 4.50. The van der Waals surface area contributed by atoms with Crippen LogP contribution in [0.1, 0.15) is 37.0 Å². The third-order valence-corrected chi connectivity index (χ3v) is 3.20. The van der Waals surface area contributed by atoms with Crippen LogP contribution in [-0.2, 0) is 10.3 Å². The summed E-state index contributed by atoms with van der Waals surface area (Å²) in [4.78, 5) is 11.3. The van der Waals surface area contributed by atoms with E-state index in [1.807, 2.05) is 20.8 Å². The van der Waals surface area contributed by atoms with Crippen molar-refractivity contribution in [3.63, 3.8) is 0 Å². The molecular weight excluding hydrogens is 230 g/mol. The van der Waals surface area contributed by atoms with Gasteiger partial charge in [-0.25, -0.2) is 4.79 Å². The smallest absolute Gasteiger partial charge is 0.328 e. The van der Waals surface area contributed by atoms with Gasteiger partial charge >= 0.3 is 5.97 Å². The molecule has 0 amide bonds. The van der Waals surface area contributed by atoms with E-state index < -0.39 is 11.5 Å². The van der Waals surface area contributed by atoms with Crippen LogP contribution in [0.2, 0.25) is 0 Å². The van der Waals surface area contributed by atoms with Crippen molar-refractivity contribution in [1.82, 2.24) is 0 Å². The first-order valence-corrected chi connectivity index (χ1v) is 6.13. The highest BCUT2D eigenvalue weighted by Crippen LogP contribution is 2.31. The Labute approximate surface area is 108 Å². The van der Waals surface area contributed by atoms with E-state index in [-0.39, 0.29) is 0 Å². The van der Waals surface area contributed by atoms with Crippen molar-refractivity contribution in [3.8, 4) is 5.75 Å². The molecule has 0 heterocycles. The predicted molar refractivity (Wildman–Crippen MR) is 70.9 cm³/mol. The zero-order valence-electron chi connectivity index (χ0n) is 11.4. The maximum atomic E-state index is 11.3. The van der Waals surface area contributed by atoms with Crippen molar-refractivity contribution in [2.24, 2.45) is 5.73 Å². The first-order valence-electron chi connectivity index (χ1n) is 6.13. The van der Waals surface area contributed by atoms with Crippen LogP contribution in [0, 0.1) is 13.8 Å².